The van der Waals surface area contributed by atoms with Crippen molar-refractivity contribution in [3.63, 3.8) is 0 Å². The molecule has 1 aromatic rings. The van der Waals surface area contributed by atoms with Crippen molar-refractivity contribution in [2.45, 2.75) is 12.5 Å². The first-order valence-electron chi connectivity index (χ1n) is 5.54. The van der Waals surface area contributed by atoms with Crippen molar-refractivity contribution in [1.82, 2.24) is 5.32 Å². The molecular weight excluding hydrogens is 282 g/mol. The normalized spacial score (nSPS) is 22.7. The summed E-state index contributed by atoms with van der Waals surface area (Å²) in [6.45, 7) is 0.139. The molecule has 1 aromatic carbocycles. The highest BCUT2D eigenvalue weighted by molar-refractivity contribution is 9.10. The molecule has 17 heavy (non-hydrogen) atoms. The summed E-state index contributed by atoms with van der Waals surface area (Å²) in [4.78, 5) is 11.9. The minimum absolute atomic E-state index is 0.0265. The first-order chi connectivity index (χ1) is 8.19. The topological polar surface area (TPSA) is 49.3 Å². The third-order valence-corrected chi connectivity index (χ3v) is 3.30. The first kappa shape index (κ1) is 12.3. The largest absolute Gasteiger partial charge is 0.396 e. The zero-order valence-electron chi connectivity index (χ0n) is 9.27. The molecule has 0 heterocycles. The summed E-state index contributed by atoms with van der Waals surface area (Å²) in [7, 11) is 0. The van der Waals surface area contributed by atoms with Gasteiger partial charge < -0.3 is 10.4 Å². The smallest absolute Gasteiger partial charge is 0.251 e. The molecule has 0 bridgehead atoms. The maximum Gasteiger partial charge on any atom is 0.251 e. The molecule has 0 saturated heterocycles. The van der Waals surface area contributed by atoms with Gasteiger partial charge in [-0.1, -0.05) is 34.1 Å². The molecule has 2 rings (SSSR count). The third-order valence-electron chi connectivity index (χ3n) is 2.81. The number of hydrogen-bond donors (Lipinski definition) is 2. The fraction of sp³-hybridized carbons (Fsp3) is 0.308. The number of carbonyl (C=O) groups excluding carboxylic acids is 1. The Morgan fingerprint density at radius 1 is 1.47 bits per heavy atom. The molecule has 3 nitrogen and oxygen atoms in total. The van der Waals surface area contributed by atoms with Gasteiger partial charge in [0.15, 0.2) is 0 Å². The lowest BCUT2D eigenvalue weighted by molar-refractivity contribution is 0.0941. The summed E-state index contributed by atoms with van der Waals surface area (Å²) in [5.74, 6) is 0.0855. The molecule has 4 heteroatoms. The molecule has 1 amide bonds. The van der Waals surface area contributed by atoms with Gasteiger partial charge in [-0.3, -0.25) is 4.79 Å². The number of aliphatic hydroxyl groups is 1. The number of hydrogen-bond acceptors (Lipinski definition) is 2. The average molecular weight is 296 g/mol. The Labute approximate surface area is 109 Å². The second-order valence-corrected chi connectivity index (χ2v) is 5.07. The van der Waals surface area contributed by atoms with Crippen molar-refractivity contribution in [3.05, 3.63) is 46.5 Å². The van der Waals surface area contributed by atoms with Crippen molar-refractivity contribution >= 4 is 21.8 Å². The number of nitrogens with one attached hydrogen (secondary N) is 1. The van der Waals surface area contributed by atoms with Crippen molar-refractivity contribution in [1.29, 1.82) is 0 Å². The van der Waals surface area contributed by atoms with E-state index in [1.54, 1.807) is 12.1 Å². The number of carbonyl (C=O) groups is 1. The van der Waals surface area contributed by atoms with E-state index in [0.717, 1.165) is 10.9 Å². The molecule has 0 radical (unpaired) electrons. The van der Waals surface area contributed by atoms with Gasteiger partial charge in [-0.25, -0.2) is 0 Å². The standard InChI is InChI=1S/C13H14BrNO2/c14-11-3-1-2-10(7-11)13(17)15-12-5-4-9(6-12)8-16/h1-5,7,9,12,16H,6,8H2,(H,15,17)/t9-,12+/m0/s1. The van der Waals surface area contributed by atoms with Crippen LogP contribution in [0.1, 0.15) is 16.8 Å². The van der Waals surface area contributed by atoms with Crippen LogP contribution in [0.15, 0.2) is 40.9 Å². The van der Waals surface area contributed by atoms with Gasteiger partial charge in [0.25, 0.3) is 5.91 Å². The summed E-state index contributed by atoms with van der Waals surface area (Å²) >= 11 is 3.34. The maximum atomic E-state index is 11.9. The summed E-state index contributed by atoms with van der Waals surface area (Å²) in [6.07, 6.45) is 4.67. The van der Waals surface area contributed by atoms with E-state index in [4.69, 9.17) is 5.11 Å². The van der Waals surface area contributed by atoms with Crippen molar-refractivity contribution in [3.8, 4) is 0 Å². The second-order valence-electron chi connectivity index (χ2n) is 4.15. The number of benzene rings is 1. The lowest BCUT2D eigenvalue weighted by atomic mass is 10.1. The molecule has 0 saturated carbocycles. The summed E-state index contributed by atoms with van der Waals surface area (Å²) in [5, 5.41) is 11.9. The molecule has 2 N–H and O–H groups in total. The number of halogens is 1. The summed E-state index contributed by atoms with van der Waals surface area (Å²) in [5.41, 5.74) is 0.639. The minimum Gasteiger partial charge on any atom is -0.396 e. The van der Waals surface area contributed by atoms with E-state index in [2.05, 4.69) is 21.2 Å². The van der Waals surface area contributed by atoms with Gasteiger partial charge in [0, 0.05) is 28.6 Å². The van der Waals surface area contributed by atoms with Crippen molar-refractivity contribution in [2.24, 2.45) is 5.92 Å². The van der Waals surface area contributed by atoms with Crippen LogP contribution in [0, 0.1) is 5.92 Å². The highest BCUT2D eigenvalue weighted by atomic mass is 79.9. The van der Waals surface area contributed by atoms with Crippen LogP contribution in [-0.2, 0) is 0 Å². The van der Waals surface area contributed by atoms with Crippen LogP contribution < -0.4 is 5.32 Å². The molecule has 0 aliphatic heterocycles. The van der Waals surface area contributed by atoms with E-state index >= 15 is 0 Å². The van der Waals surface area contributed by atoms with E-state index in [9.17, 15) is 4.79 Å². The number of rotatable bonds is 3. The zero-order valence-corrected chi connectivity index (χ0v) is 10.9. The summed E-state index contributed by atoms with van der Waals surface area (Å²) < 4.78 is 0.889. The molecule has 1 aliphatic carbocycles. The van der Waals surface area contributed by atoms with E-state index < -0.39 is 0 Å². The Hall–Kier alpha value is -1.13. The Kier molecular flexibility index (Phi) is 3.97. The Morgan fingerprint density at radius 2 is 2.29 bits per heavy atom. The van der Waals surface area contributed by atoms with E-state index in [1.165, 1.54) is 0 Å². The Morgan fingerprint density at radius 3 is 2.94 bits per heavy atom. The highest BCUT2D eigenvalue weighted by Gasteiger charge is 2.20. The Balaban J connectivity index is 1.96. The van der Waals surface area contributed by atoms with Crippen LogP contribution in [0.4, 0.5) is 0 Å². The lowest BCUT2D eigenvalue weighted by Crippen LogP contribution is -2.32. The molecule has 1 aliphatic rings. The lowest BCUT2D eigenvalue weighted by Gasteiger charge is -2.12. The van der Waals surface area contributed by atoms with E-state index in [0.29, 0.717) is 5.56 Å². The van der Waals surface area contributed by atoms with Crippen LogP contribution in [0.2, 0.25) is 0 Å². The predicted octanol–water partition coefficient (Wildman–Crippen LogP) is 2.12. The van der Waals surface area contributed by atoms with E-state index in [-0.39, 0.29) is 24.5 Å². The van der Waals surface area contributed by atoms with Gasteiger partial charge in [-0.05, 0) is 24.6 Å². The molecule has 0 unspecified atom stereocenters. The van der Waals surface area contributed by atoms with Gasteiger partial charge in [-0.15, -0.1) is 0 Å². The van der Waals surface area contributed by atoms with Crippen LogP contribution in [0.25, 0.3) is 0 Å². The molecule has 2 atom stereocenters. The number of amides is 1. The summed E-state index contributed by atoms with van der Waals surface area (Å²) in [6, 6.07) is 7.31. The SMILES string of the molecule is O=C(N[C@@H]1C=C[C@H](CO)C1)c1cccc(Br)c1. The van der Waals surface area contributed by atoms with Gasteiger partial charge >= 0.3 is 0 Å². The zero-order chi connectivity index (χ0) is 12.3. The molecule has 0 fully saturated rings. The molecule has 0 aromatic heterocycles. The molecule has 0 spiro atoms. The predicted molar refractivity (Wildman–Crippen MR) is 69.7 cm³/mol. The first-order valence-corrected chi connectivity index (χ1v) is 6.34. The van der Waals surface area contributed by atoms with Gasteiger partial charge in [0.05, 0.1) is 0 Å². The van der Waals surface area contributed by atoms with Gasteiger partial charge in [-0.2, -0.15) is 0 Å². The molecular formula is C13H14BrNO2. The van der Waals surface area contributed by atoms with Crippen LogP contribution in [0.3, 0.4) is 0 Å². The van der Waals surface area contributed by atoms with Crippen LogP contribution in [0.5, 0.6) is 0 Å². The average Bonchev–Trinajstić information content (AvgIpc) is 2.77. The van der Waals surface area contributed by atoms with Crippen molar-refractivity contribution in [2.75, 3.05) is 6.61 Å². The number of aliphatic hydroxyl groups excluding tert-OH is 1. The third kappa shape index (κ3) is 3.17. The highest BCUT2D eigenvalue weighted by Crippen LogP contribution is 2.18. The van der Waals surface area contributed by atoms with Crippen molar-refractivity contribution < 1.29 is 9.90 Å². The van der Waals surface area contributed by atoms with Crippen LogP contribution in [-0.4, -0.2) is 23.7 Å². The maximum absolute atomic E-state index is 11.9. The fourth-order valence-corrected chi connectivity index (χ4v) is 2.30. The monoisotopic (exact) mass is 295 g/mol. The second kappa shape index (κ2) is 5.47. The van der Waals surface area contributed by atoms with Gasteiger partial charge in [0.2, 0.25) is 0 Å². The fourth-order valence-electron chi connectivity index (χ4n) is 1.90. The van der Waals surface area contributed by atoms with Gasteiger partial charge in [0.1, 0.15) is 0 Å². The van der Waals surface area contributed by atoms with E-state index in [1.807, 2.05) is 24.3 Å². The quantitative estimate of drug-likeness (QED) is 0.839. The molecule has 90 valence electrons. The Bertz CT molecular complexity index is 445. The minimum atomic E-state index is -0.0838. The van der Waals surface area contributed by atoms with Crippen LogP contribution >= 0.6 is 15.9 Å².